The second-order valence-electron chi connectivity index (χ2n) is 5.08. The van der Waals surface area contributed by atoms with Crippen LogP contribution in [0.2, 0.25) is 0 Å². The molecule has 0 N–H and O–H groups in total. The molecule has 2 atom stereocenters. The van der Waals surface area contributed by atoms with Crippen LogP contribution in [-0.2, 0) is 9.47 Å². The van der Waals surface area contributed by atoms with Gasteiger partial charge < -0.3 is 14.4 Å². The number of rotatable bonds is 5. The highest BCUT2D eigenvalue weighted by Gasteiger charge is 2.30. The number of benzene rings is 1. The Morgan fingerprint density at radius 3 is 2.12 bits per heavy atom. The second kappa shape index (κ2) is 4.31. The van der Waals surface area contributed by atoms with E-state index in [9.17, 15) is 0 Å². The Labute approximate surface area is 102 Å². The molecule has 0 bridgehead atoms. The highest BCUT2D eigenvalue weighted by molar-refractivity contribution is 5.51. The van der Waals surface area contributed by atoms with E-state index in [1.54, 1.807) is 0 Å². The predicted octanol–water partition coefficient (Wildman–Crippen LogP) is 1.91. The van der Waals surface area contributed by atoms with E-state index in [2.05, 4.69) is 36.9 Å². The first-order valence-electron chi connectivity index (χ1n) is 6.28. The fourth-order valence-electron chi connectivity index (χ4n) is 2.05. The lowest BCUT2D eigenvalue weighted by Gasteiger charge is -2.24. The second-order valence-corrected chi connectivity index (χ2v) is 5.08. The molecule has 3 heteroatoms. The summed E-state index contributed by atoms with van der Waals surface area (Å²) in [6.45, 7) is 8.11. The normalized spacial score (nSPS) is 25.8. The molecule has 0 radical (unpaired) electrons. The molecule has 3 rings (SSSR count). The van der Waals surface area contributed by atoms with Gasteiger partial charge in [-0.3, -0.25) is 0 Å². The molecule has 2 aliphatic heterocycles. The fourth-order valence-corrected chi connectivity index (χ4v) is 2.05. The molecule has 2 saturated heterocycles. The van der Waals surface area contributed by atoms with Crippen molar-refractivity contribution < 1.29 is 9.47 Å². The van der Waals surface area contributed by atoms with Crippen LogP contribution in [0.4, 0.5) is 5.69 Å². The number of aryl methyl sites for hydroxylation is 2. The van der Waals surface area contributed by atoms with Crippen molar-refractivity contribution in [3.8, 4) is 0 Å². The molecule has 2 unspecified atom stereocenters. The molecule has 0 aromatic heterocycles. The molecule has 1 aromatic carbocycles. The minimum absolute atomic E-state index is 0.426. The van der Waals surface area contributed by atoms with Crippen LogP contribution < -0.4 is 4.90 Å². The Kier molecular flexibility index (Phi) is 2.81. The van der Waals surface area contributed by atoms with Gasteiger partial charge in [-0.2, -0.15) is 0 Å². The zero-order valence-electron chi connectivity index (χ0n) is 10.5. The Morgan fingerprint density at radius 1 is 1.06 bits per heavy atom. The maximum Gasteiger partial charge on any atom is 0.0984 e. The summed E-state index contributed by atoms with van der Waals surface area (Å²) in [5, 5.41) is 0. The van der Waals surface area contributed by atoms with Gasteiger partial charge >= 0.3 is 0 Å². The number of epoxide rings is 2. The minimum Gasteiger partial charge on any atom is -0.371 e. The van der Waals surface area contributed by atoms with Crippen LogP contribution >= 0.6 is 0 Å². The Bertz CT molecular complexity index is 397. The summed E-state index contributed by atoms with van der Waals surface area (Å²) in [6, 6.07) is 6.66. The van der Waals surface area contributed by atoms with Crippen molar-refractivity contribution in [3.63, 3.8) is 0 Å². The van der Waals surface area contributed by atoms with Gasteiger partial charge in [-0.05, 0) is 37.1 Å². The van der Waals surface area contributed by atoms with E-state index >= 15 is 0 Å². The van der Waals surface area contributed by atoms with Crippen LogP contribution in [-0.4, -0.2) is 38.5 Å². The third-order valence-corrected chi connectivity index (χ3v) is 3.51. The average Bonchev–Trinajstić information content (AvgIpc) is 3.15. The van der Waals surface area contributed by atoms with E-state index in [4.69, 9.17) is 9.47 Å². The van der Waals surface area contributed by atoms with Crippen molar-refractivity contribution in [1.82, 2.24) is 0 Å². The van der Waals surface area contributed by atoms with Gasteiger partial charge in [-0.15, -0.1) is 0 Å². The number of hydrogen-bond donors (Lipinski definition) is 0. The summed E-state index contributed by atoms with van der Waals surface area (Å²) in [5.74, 6) is 0. The summed E-state index contributed by atoms with van der Waals surface area (Å²) in [6.07, 6.45) is 0.853. The molecule has 2 heterocycles. The molecule has 2 aliphatic rings. The lowest BCUT2D eigenvalue weighted by Crippen LogP contribution is -2.31. The first-order valence-corrected chi connectivity index (χ1v) is 6.28. The van der Waals surface area contributed by atoms with E-state index in [1.807, 2.05) is 0 Å². The van der Waals surface area contributed by atoms with Crippen molar-refractivity contribution in [2.45, 2.75) is 26.1 Å². The molecule has 0 spiro atoms. The number of ether oxygens (including phenoxy) is 2. The number of anilines is 1. The molecule has 0 aliphatic carbocycles. The van der Waals surface area contributed by atoms with Crippen LogP contribution in [0.3, 0.4) is 0 Å². The quantitative estimate of drug-likeness (QED) is 0.727. The lowest BCUT2D eigenvalue weighted by atomic mass is 10.1. The van der Waals surface area contributed by atoms with Gasteiger partial charge in [0.05, 0.1) is 25.4 Å². The summed E-state index contributed by atoms with van der Waals surface area (Å²) in [4.78, 5) is 2.39. The van der Waals surface area contributed by atoms with Crippen LogP contribution in [0.25, 0.3) is 0 Å². The summed E-state index contributed by atoms with van der Waals surface area (Å²) in [5.41, 5.74) is 3.99. The monoisotopic (exact) mass is 233 g/mol. The van der Waals surface area contributed by atoms with Crippen LogP contribution in [0.15, 0.2) is 18.2 Å². The zero-order chi connectivity index (χ0) is 11.8. The Morgan fingerprint density at radius 2 is 1.65 bits per heavy atom. The number of nitrogens with zero attached hydrogens (tertiary/aromatic N) is 1. The molecule has 92 valence electrons. The lowest BCUT2D eigenvalue weighted by molar-refractivity contribution is 0.389. The summed E-state index contributed by atoms with van der Waals surface area (Å²) >= 11 is 0. The van der Waals surface area contributed by atoms with Gasteiger partial charge in [0.25, 0.3) is 0 Å². The van der Waals surface area contributed by atoms with Crippen molar-refractivity contribution in [3.05, 3.63) is 29.3 Å². The maximum absolute atomic E-state index is 5.33. The van der Waals surface area contributed by atoms with Gasteiger partial charge in [-0.25, -0.2) is 0 Å². The molecular formula is C14H19NO2. The van der Waals surface area contributed by atoms with E-state index in [0.29, 0.717) is 12.2 Å². The standard InChI is InChI=1S/C14H19NO2/c1-10-3-4-12(5-11(10)2)15(6-13-8-16-13)7-14-9-17-14/h3-5,13-14H,6-9H2,1-2H3. The van der Waals surface area contributed by atoms with Gasteiger partial charge in [0, 0.05) is 18.8 Å². The molecule has 3 nitrogen and oxygen atoms in total. The van der Waals surface area contributed by atoms with Gasteiger partial charge in [0.1, 0.15) is 0 Å². The third kappa shape index (κ3) is 2.79. The smallest absolute Gasteiger partial charge is 0.0984 e. The largest absolute Gasteiger partial charge is 0.371 e. The SMILES string of the molecule is Cc1ccc(N(CC2CO2)CC2CO2)cc1C. The fraction of sp³-hybridized carbons (Fsp3) is 0.571. The maximum atomic E-state index is 5.33. The minimum atomic E-state index is 0.426. The predicted molar refractivity (Wildman–Crippen MR) is 67.6 cm³/mol. The first-order chi connectivity index (χ1) is 8.22. The molecule has 0 amide bonds. The van der Waals surface area contributed by atoms with E-state index in [0.717, 1.165) is 26.3 Å². The molecule has 0 saturated carbocycles. The van der Waals surface area contributed by atoms with E-state index in [-0.39, 0.29) is 0 Å². The first kappa shape index (κ1) is 11.1. The van der Waals surface area contributed by atoms with Crippen molar-refractivity contribution in [2.24, 2.45) is 0 Å². The zero-order valence-corrected chi connectivity index (χ0v) is 10.5. The third-order valence-electron chi connectivity index (χ3n) is 3.51. The van der Waals surface area contributed by atoms with Crippen LogP contribution in [0.1, 0.15) is 11.1 Å². The van der Waals surface area contributed by atoms with E-state index in [1.165, 1.54) is 16.8 Å². The number of hydrogen-bond acceptors (Lipinski definition) is 3. The van der Waals surface area contributed by atoms with Crippen molar-refractivity contribution in [2.75, 3.05) is 31.2 Å². The Balaban J connectivity index is 1.76. The highest BCUT2D eigenvalue weighted by atomic mass is 16.6. The van der Waals surface area contributed by atoms with Gasteiger partial charge in [0.15, 0.2) is 0 Å². The van der Waals surface area contributed by atoms with Crippen molar-refractivity contribution >= 4 is 5.69 Å². The highest BCUT2D eigenvalue weighted by Crippen LogP contribution is 2.24. The summed E-state index contributed by atoms with van der Waals surface area (Å²) < 4.78 is 10.7. The molecule has 1 aromatic rings. The average molecular weight is 233 g/mol. The van der Waals surface area contributed by atoms with Gasteiger partial charge in [-0.1, -0.05) is 6.07 Å². The molecular weight excluding hydrogens is 214 g/mol. The summed E-state index contributed by atoms with van der Waals surface area (Å²) in [7, 11) is 0. The molecule has 2 fully saturated rings. The van der Waals surface area contributed by atoms with Crippen LogP contribution in [0.5, 0.6) is 0 Å². The van der Waals surface area contributed by atoms with Crippen LogP contribution in [0, 0.1) is 13.8 Å². The molecule has 17 heavy (non-hydrogen) atoms. The topological polar surface area (TPSA) is 28.3 Å². The van der Waals surface area contributed by atoms with E-state index < -0.39 is 0 Å². The Hall–Kier alpha value is -1.06. The van der Waals surface area contributed by atoms with Gasteiger partial charge in [0.2, 0.25) is 0 Å². The van der Waals surface area contributed by atoms with Crippen molar-refractivity contribution in [1.29, 1.82) is 0 Å².